The maximum Gasteiger partial charge on any atom is 0.410 e. The third-order valence-electron chi connectivity index (χ3n) is 8.14. The van der Waals surface area contributed by atoms with E-state index in [2.05, 4.69) is 12.2 Å². The van der Waals surface area contributed by atoms with Crippen molar-refractivity contribution < 1.29 is 28.7 Å². The third-order valence-corrected chi connectivity index (χ3v) is 8.14. The predicted octanol–water partition coefficient (Wildman–Crippen LogP) is 6.70. The zero-order valence-electron chi connectivity index (χ0n) is 24.7. The maximum atomic E-state index is 12.3. The van der Waals surface area contributed by atoms with Crippen LogP contribution in [0.15, 0.2) is 12.2 Å². The molecule has 8 nitrogen and oxygen atoms in total. The molecule has 4 aliphatic rings. The molecule has 222 valence electrons. The Morgan fingerprint density at radius 1 is 0.692 bits per heavy atom. The van der Waals surface area contributed by atoms with E-state index >= 15 is 0 Å². The molecule has 2 saturated heterocycles. The first-order valence-electron chi connectivity index (χ1n) is 14.1. The first-order chi connectivity index (χ1) is 17.4. The molecule has 0 N–H and O–H groups in total. The molecule has 3 fully saturated rings. The van der Waals surface area contributed by atoms with Gasteiger partial charge in [-0.05, 0) is 105 Å². The molecule has 0 radical (unpaired) electrons. The molecule has 2 heterocycles. The predicted molar refractivity (Wildman–Crippen MR) is 152 cm³/mol. The number of rotatable bonds is 2. The Morgan fingerprint density at radius 3 is 1.41 bits per heavy atom. The lowest BCUT2D eigenvalue weighted by Gasteiger charge is -2.28. The van der Waals surface area contributed by atoms with Crippen molar-refractivity contribution in [1.29, 1.82) is 0 Å². The highest BCUT2D eigenvalue weighted by Gasteiger charge is 2.50. The molecule has 2 amide bonds. The van der Waals surface area contributed by atoms with Crippen LogP contribution in [0.4, 0.5) is 9.59 Å². The number of ketones is 2. The fraction of sp³-hybridized carbons (Fsp3) is 0.806. The number of carbonyl (C=O) groups excluding carboxylic acids is 4. The molecule has 39 heavy (non-hydrogen) atoms. The van der Waals surface area contributed by atoms with Gasteiger partial charge in [0.15, 0.2) is 11.6 Å². The fourth-order valence-corrected chi connectivity index (χ4v) is 6.40. The Kier molecular flexibility index (Phi) is 10.1. The Morgan fingerprint density at radius 2 is 1.05 bits per heavy atom. The average molecular weight is 549 g/mol. The summed E-state index contributed by atoms with van der Waals surface area (Å²) in [7, 11) is 0. The van der Waals surface area contributed by atoms with Crippen molar-refractivity contribution in [1.82, 2.24) is 9.80 Å². The molecular formula is C31H52N2O6. The Labute approximate surface area is 235 Å². The van der Waals surface area contributed by atoms with Crippen LogP contribution >= 0.6 is 0 Å². The lowest BCUT2D eigenvalue weighted by atomic mass is 9.82. The van der Waals surface area contributed by atoms with Crippen molar-refractivity contribution in [2.45, 2.75) is 137 Å². The molecule has 0 bridgehead atoms. The monoisotopic (exact) mass is 548 g/mol. The van der Waals surface area contributed by atoms with E-state index in [1.54, 1.807) is 23.6 Å². The zero-order chi connectivity index (χ0) is 28.5. The third kappa shape index (κ3) is 8.31. The summed E-state index contributed by atoms with van der Waals surface area (Å²) in [6.45, 7) is 15.5. The summed E-state index contributed by atoms with van der Waals surface area (Å²) in [5.41, 5.74) is -0.799. The SMILES string of the molecule is C.CC(=O)[C@@H]1CC2(CC=CC2)CN1C(=O)OC(C)(C)C.CC(=O)[C@@H]1CC2(CCCC2)CN1C(=O)OC(C)(C)C. The highest BCUT2D eigenvalue weighted by Crippen LogP contribution is 2.48. The summed E-state index contributed by atoms with van der Waals surface area (Å²) in [5, 5.41) is 0. The average Bonchev–Trinajstić information content (AvgIpc) is 3.55. The minimum atomic E-state index is -0.526. The molecule has 4 rings (SSSR count). The Bertz CT molecular complexity index is 887. The number of ether oxygens (including phenoxy) is 2. The zero-order valence-corrected chi connectivity index (χ0v) is 24.7. The van der Waals surface area contributed by atoms with Gasteiger partial charge < -0.3 is 9.47 Å². The van der Waals surface area contributed by atoms with E-state index in [4.69, 9.17) is 9.47 Å². The van der Waals surface area contributed by atoms with Crippen LogP contribution in [-0.4, -0.2) is 69.9 Å². The number of allylic oxidation sites excluding steroid dienone is 2. The van der Waals surface area contributed by atoms with Crippen LogP contribution in [0.25, 0.3) is 0 Å². The Hall–Kier alpha value is -2.38. The molecule has 2 aliphatic carbocycles. The summed E-state index contributed by atoms with van der Waals surface area (Å²) in [6, 6.07) is -0.609. The van der Waals surface area contributed by atoms with E-state index in [-0.39, 0.29) is 54.1 Å². The summed E-state index contributed by atoms with van der Waals surface area (Å²) in [6.07, 6.45) is 11.8. The molecule has 0 aromatic heterocycles. The van der Waals surface area contributed by atoms with Crippen molar-refractivity contribution in [2.75, 3.05) is 13.1 Å². The molecule has 8 heteroatoms. The molecule has 2 atom stereocenters. The molecule has 0 aromatic carbocycles. The maximum absolute atomic E-state index is 12.3. The van der Waals surface area contributed by atoms with Crippen molar-refractivity contribution in [3.8, 4) is 0 Å². The first kappa shape index (κ1) is 32.8. The minimum absolute atomic E-state index is 0. The number of hydrogen-bond donors (Lipinski definition) is 0. The van der Waals surface area contributed by atoms with Gasteiger partial charge in [-0.15, -0.1) is 0 Å². The second kappa shape index (κ2) is 12.0. The second-order valence-electron chi connectivity index (χ2n) is 14.0. The highest BCUT2D eigenvalue weighted by molar-refractivity contribution is 5.87. The van der Waals surface area contributed by atoms with Crippen molar-refractivity contribution >= 4 is 23.8 Å². The van der Waals surface area contributed by atoms with Crippen molar-refractivity contribution in [2.24, 2.45) is 10.8 Å². The first-order valence-corrected chi connectivity index (χ1v) is 14.1. The van der Waals surface area contributed by atoms with Crippen LogP contribution in [0.3, 0.4) is 0 Å². The molecule has 2 aliphatic heterocycles. The van der Waals surface area contributed by atoms with Crippen molar-refractivity contribution in [3.63, 3.8) is 0 Å². The number of carbonyl (C=O) groups is 4. The van der Waals surface area contributed by atoms with Crippen LogP contribution in [0.5, 0.6) is 0 Å². The number of nitrogens with zero attached hydrogens (tertiary/aromatic N) is 2. The van der Waals surface area contributed by atoms with E-state index in [9.17, 15) is 19.2 Å². The van der Waals surface area contributed by atoms with Gasteiger partial charge in [0.2, 0.25) is 0 Å². The van der Waals surface area contributed by atoms with Crippen molar-refractivity contribution in [3.05, 3.63) is 12.2 Å². The molecule has 2 spiro atoms. The van der Waals surface area contributed by atoms with Gasteiger partial charge in [0, 0.05) is 13.1 Å². The standard InChI is InChI=1S/C15H25NO3.C15H23NO3.CH4/c2*1-11(17)12-9-15(7-5-6-8-15)10-16(12)13(18)19-14(2,3)4;/h12H,5-10H2,1-4H3;5-6,12H,7-10H2,1-4H3;1H4/t2*12-;/m00./s1. The van der Waals surface area contributed by atoms with E-state index in [1.165, 1.54) is 12.8 Å². The summed E-state index contributed by atoms with van der Waals surface area (Å²) in [4.78, 5) is 51.4. The summed E-state index contributed by atoms with van der Waals surface area (Å²) >= 11 is 0. The topological polar surface area (TPSA) is 93.2 Å². The minimum Gasteiger partial charge on any atom is -0.444 e. The van der Waals surface area contributed by atoms with E-state index in [0.29, 0.717) is 13.1 Å². The van der Waals surface area contributed by atoms with Gasteiger partial charge in [-0.1, -0.05) is 32.4 Å². The highest BCUT2D eigenvalue weighted by atomic mass is 16.6. The Balaban J connectivity index is 0.000000267. The van der Waals surface area contributed by atoms with E-state index < -0.39 is 11.2 Å². The van der Waals surface area contributed by atoms with Gasteiger partial charge in [0.1, 0.15) is 11.2 Å². The van der Waals surface area contributed by atoms with Crippen LogP contribution in [0, 0.1) is 10.8 Å². The number of amides is 2. The van der Waals surface area contributed by atoms with Gasteiger partial charge in [-0.25, -0.2) is 9.59 Å². The van der Waals surface area contributed by atoms with E-state index in [1.807, 2.05) is 41.5 Å². The van der Waals surface area contributed by atoms with Gasteiger partial charge in [0.05, 0.1) is 12.1 Å². The molecular weight excluding hydrogens is 496 g/mol. The molecule has 0 aromatic rings. The largest absolute Gasteiger partial charge is 0.444 e. The lowest BCUT2D eigenvalue weighted by Crippen LogP contribution is -2.43. The van der Waals surface area contributed by atoms with Crippen LogP contribution < -0.4 is 0 Å². The number of hydrogen-bond acceptors (Lipinski definition) is 6. The van der Waals surface area contributed by atoms with Gasteiger partial charge in [0.25, 0.3) is 0 Å². The fourth-order valence-electron chi connectivity index (χ4n) is 6.40. The van der Waals surface area contributed by atoms with Gasteiger partial charge in [-0.2, -0.15) is 0 Å². The molecule has 0 unspecified atom stereocenters. The smallest absolute Gasteiger partial charge is 0.410 e. The number of likely N-dealkylation sites (tertiary alicyclic amines) is 2. The van der Waals surface area contributed by atoms with Crippen LogP contribution in [-0.2, 0) is 19.1 Å². The lowest BCUT2D eigenvalue weighted by molar-refractivity contribution is -0.121. The normalized spacial score (nSPS) is 24.8. The molecule has 1 saturated carbocycles. The summed E-state index contributed by atoms with van der Waals surface area (Å²) in [5.74, 6) is 0.129. The second-order valence-corrected chi connectivity index (χ2v) is 14.0. The van der Waals surface area contributed by atoms with E-state index in [0.717, 1.165) is 38.5 Å². The van der Waals surface area contributed by atoms with Crippen LogP contribution in [0.1, 0.15) is 114 Å². The van der Waals surface area contributed by atoms with Gasteiger partial charge >= 0.3 is 12.2 Å². The quantitative estimate of drug-likeness (QED) is 0.356. The summed E-state index contributed by atoms with van der Waals surface area (Å²) < 4.78 is 10.9. The van der Waals surface area contributed by atoms with Crippen LogP contribution in [0.2, 0.25) is 0 Å². The number of Topliss-reactive ketones (excluding diaryl/α,β-unsaturated/α-hetero) is 2. The van der Waals surface area contributed by atoms with Gasteiger partial charge in [-0.3, -0.25) is 19.4 Å².